The van der Waals surface area contributed by atoms with Crippen molar-refractivity contribution >= 4 is 17.5 Å². The quantitative estimate of drug-likeness (QED) is 0.569. The van der Waals surface area contributed by atoms with Gasteiger partial charge in [-0.2, -0.15) is 0 Å². The molecule has 1 aliphatic heterocycles. The second-order valence-corrected chi connectivity index (χ2v) is 5.97. The van der Waals surface area contributed by atoms with Crippen molar-refractivity contribution < 1.29 is 9.59 Å². The summed E-state index contributed by atoms with van der Waals surface area (Å²) in [5.41, 5.74) is 0.180. The van der Waals surface area contributed by atoms with Crippen LogP contribution in [-0.2, 0) is 9.59 Å². The third-order valence-corrected chi connectivity index (χ3v) is 5.13. The van der Waals surface area contributed by atoms with Crippen molar-refractivity contribution in [3.05, 3.63) is 42.5 Å². The standard InChI is InChI=1S/C16H15NO2/c1-16-11-8-7-10(9-11)13(16)14(18)17(15(16)19)12-5-3-2-4-6-12/h2-8,10-11,13H,9H2,1H3/t10-,11-,13-,16+/m0/s1. The number of anilines is 1. The van der Waals surface area contributed by atoms with Crippen molar-refractivity contribution in [3.8, 4) is 0 Å². The van der Waals surface area contributed by atoms with Crippen molar-refractivity contribution in [2.24, 2.45) is 23.2 Å². The summed E-state index contributed by atoms with van der Waals surface area (Å²) in [5, 5.41) is 0. The van der Waals surface area contributed by atoms with Gasteiger partial charge < -0.3 is 0 Å². The Morgan fingerprint density at radius 2 is 1.89 bits per heavy atom. The van der Waals surface area contributed by atoms with Gasteiger partial charge in [-0.1, -0.05) is 30.4 Å². The molecule has 1 saturated heterocycles. The van der Waals surface area contributed by atoms with Gasteiger partial charge in [0.25, 0.3) is 0 Å². The zero-order chi connectivity index (χ0) is 13.2. The van der Waals surface area contributed by atoms with Crippen molar-refractivity contribution in [1.29, 1.82) is 0 Å². The molecule has 0 N–H and O–H groups in total. The fourth-order valence-corrected chi connectivity index (χ4v) is 4.13. The zero-order valence-corrected chi connectivity index (χ0v) is 10.7. The Balaban J connectivity index is 1.83. The SMILES string of the molecule is C[C@]12C(=O)N(c3ccccc3)C(=O)[C@@H]1[C@H]1C=C[C@H]2C1. The van der Waals surface area contributed by atoms with Gasteiger partial charge in [0.05, 0.1) is 17.0 Å². The summed E-state index contributed by atoms with van der Waals surface area (Å²) in [4.78, 5) is 26.8. The zero-order valence-electron chi connectivity index (χ0n) is 10.7. The molecule has 2 amide bonds. The van der Waals surface area contributed by atoms with Gasteiger partial charge in [0.1, 0.15) is 0 Å². The van der Waals surface area contributed by atoms with Crippen LogP contribution in [-0.4, -0.2) is 11.8 Å². The van der Waals surface area contributed by atoms with Gasteiger partial charge in [0.15, 0.2) is 0 Å². The molecular formula is C16H15NO2. The lowest BCUT2D eigenvalue weighted by molar-refractivity contribution is -0.127. The molecule has 2 bridgehead atoms. The van der Waals surface area contributed by atoms with Gasteiger partial charge in [-0.3, -0.25) is 9.59 Å². The predicted molar refractivity (Wildman–Crippen MR) is 71.3 cm³/mol. The smallest absolute Gasteiger partial charge is 0.241 e. The third-order valence-electron chi connectivity index (χ3n) is 5.13. The van der Waals surface area contributed by atoms with Crippen LogP contribution in [0.25, 0.3) is 0 Å². The first-order chi connectivity index (χ1) is 9.14. The summed E-state index contributed by atoms with van der Waals surface area (Å²) in [7, 11) is 0. The van der Waals surface area contributed by atoms with Crippen LogP contribution in [0.15, 0.2) is 42.5 Å². The number of imide groups is 1. The van der Waals surface area contributed by atoms with Crippen LogP contribution < -0.4 is 4.90 Å². The van der Waals surface area contributed by atoms with E-state index in [-0.39, 0.29) is 29.6 Å². The van der Waals surface area contributed by atoms with E-state index in [1.165, 1.54) is 4.90 Å². The first-order valence-corrected chi connectivity index (χ1v) is 6.76. The minimum absolute atomic E-state index is 0.0180. The molecule has 4 atom stereocenters. The summed E-state index contributed by atoms with van der Waals surface area (Å²) in [6.45, 7) is 1.97. The fourth-order valence-electron chi connectivity index (χ4n) is 4.13. The van der Waals surface area contributed by atoms with Crippen molar-refractivity contribution in [1.82, 2.24) is 0 Å². The molecule has 1 aromatic carbocycles. The molecule has 2 aliphatic carbocycles. The highest BCUT2D eigenvalue weighted by molar-refractivity contribution is 6.24. The highest BCUT2D eigenvalue weighted by Crippen LogP contribution is 2.60. The van der Waals surface area contributed by atoms with E-state index in [0.29, 0.717) is 5.69 Å². The van der Waals surface area contributed by atoms with E-state index >= 15 is 0 Å². The van der Waals surface area contributed by atoms with Crippen LogP contribution in [0.2, 0.25) is 0 Å². The van der Waals surface area contributed by atoms with Crippen LogP contribution in [0.1, 0.15) is 13.3 Å². The van der Waals surface area contributed by atoms with E-state index in [1.807, 2.05) is 37.3 Å². The summed E-state index contributed by atoms with van der Waals surface area (Å²) >= 11 is 0. The second kappa shape index (κ2) is 3.35. The number of benzene rings is 1. The van der Waals surface area contributed by atoms with Gasteiger partial charge in [0.2, 0.25) is 11.8 Å². The van der Waals surface area contributed by atoms with Crippen LogP contribution in [0, 0.1) is 23.2 Å². The Morgan fingerprint density at radius 3 is 2.58 bits per heavy atom. The number of fused-ring (bicyclic) bond motifs is 5. The molecule has 3 aliphatic rings. The normalized spacial score (nSPS) is 39.2. The van der Waals surface area contributed by atoms with Crippen molar-refractivity contribution in [2.45, 2.75) is 13.3 Å². The van der Waals surface area contributed by atoms with Gasteiger partial charge >= 0.3 is 0 Å². The van der Waals surface area contributed by atoms with Crippen molar-refractivity contribution in [3.63, 3.8) is 0 Å². The molecule has 1 heterocycles. The number of para-hydroxylation sites is 1. The number of nitrogens with zero attached hydrogens (tertiary/aromatic N) is 1. The highest BCUT2D eigenvalue weighted by atomic mass is 16.2. The van der Waals surface area contributed by atoms with Crippen LogP contribution in [0.5, 0.6) is 0 Å². The summed E-state index contributed by atoms with van der Waals surface area (Å²) in [6, 6.07) is 9.27. The predicted octanol–water partition coefficient (Wildman–Crippen LogP) is 2.39. The van der Waals surface area contributed by atoms with Crippen molar-refractivity contribution in [2.75, 3.05) is 4.90 Å². The molecule has 1 saturated carbocycles. The Labute approximate surface area is 111 Å². The van der Waals surface area contributed by atoms with Crippen LogP contribution in [0.3, 0.4) is 0 Å². The monoisotopic (exact) mass is 253 g/mol. The Kier molecular flexibility index (Phi) is 1.93. The number of hydrogen-bond acceptors (Lipinski definition) is 2. The minimum Gasteiger partial charge on any atom is -0.274 e. The highest BCUT2D eigenvalue weighted by Gasteiger charge is 2.67. The van der Waals surface area contributed by atoms with Crippen LogP contribution in [0.4, 0.5) is 5.69 Å². The maximum Gasteiger partial charge on any atom is 0.241 e. The molecule has 3 nitrogen and oxygen atoms in total. The van der Waals surface area contributed by atoms with Gasteiger partial charge in [-0.05, 0) is 37.3 Å². The summed E-state index contributed by atoms with van der Waals surface area (Å²) in [6.07, 6.45) is 5.21. The number of allylic oxidation sites excluding steroid dienone is 2. The summed E-state index contributed by atoms with van der Waals surface area (Å²) < 4.78 is 0. The fraction of sp³-hybridized carbons (Fsp3) is 0.375. The average molecular weight is 253 g/mol. The lowest BCUT2D eigenvalue weighted by Crippen LogP contribution is -2.37. The van der Waals surface area contributed by atoms with E-state index in [1.54, 1.807) is 0 Å². The maximum absolute atomic E-state index is 12.8. The molecule has 1 aromatic rings. The first kappa shape index (κ1) is 11.0. The second-order valence-electron chi connectivity index (χ2n) is 5.97. The van der Waals surface area contributed by atoms with Crippen LogP contribution >= 0.6 is 0 Å². The van der Waals surface area contributed by atoms with E-state index in [0.717, 1.165) is 6.42 Å². The van der Waals surface area contributed by atoms with E-state index in [9.17, 15) is 9.59 Å². The lowest BCUT2D eigenvalue weighted by Gasteiger charge is -2.28. The lowest BCUT2D eigenvalue weighted by atomic mass is 9.71. The Morgan fingerprint density at radius 1 is 1.16 bits per heavy atom. The number of amides is 2. The molecular weight excluding hydrogens is 238 g/mol. The molecule has 96 valence electrons. The van der Waals surface area contributed by atoms with Gasteiger partial charge in [-0.15, -0.1) is 0 Å². The number of carbonyl (C=O) groups is 2. The molecule has 4 rings (SSSR count). The van der Waals surface area contributed by atoms with E-state index in [2.05, 4.69) is 12.2 Å². The molecule has 0 radical (unpaired) electrons. The first-order valence-electron chi connectivity index (χ1n) is 6.76. The third kappa shape index (κ3) is 1.14. The molecule has 2 fully saturated rings. The molecule has 0 aromatic heterocycles. The number of rotatable bonds is 1. The van der Waals surface area contributed by atoms with Gasteiger partial charge in [-0.25, -0.2) is 4.90 Å². The maximum atomic E-state index is 12.8. The molecule has 0 spiro atoms. The van der Waals surface area contributed by atoms with E-state index < -0.39 is 5.41 Å². The average Bonchev–Trinajstić information content (AvgIpc) is 3.04. The molecule has 3 heteroatoms. The Hall–Kier alpha value is -1.90. The number of carbonyl (C=O) groups excluding carboxylic acids is 2. The Bertz CT molecular complexity index is 606. The van der Waals surface area contributed by atoms with Gasteiger partial charge in [0, 0.05) is 0 Å². The topological polar surface area (TPSA) is 37.4 Å². The minimum atomic E-state index is -0.521. The largest absolute Gasteiger partial charge is 0.274 e. The molecule has 0 unspecified atom stereocenters. The molecule has 19 heavy (non-hydrogen) atoms. The number of hydrogen-bond donors (Lipinski definition) is 0. The van der Waals surface area contributed by atoms with E-state index in [4.69, 9.17) is 0 Å². The summed E-state index contributed by atoms with van der Waals surface area (Å²) in [5.74, 6) is 0.282.